The smallest absolute Gasteiger partial charge is 0.264 e. The maximum absolute atomic E-state index is 13.1. The number of carbonyl (C=O) groups excluding carboxylic acids is 1. The number of rotatable bonds is 6. The van der Waals surface area contributed by atoms with Crippen molar-refractivity contribution in [2.75, 3.05) is 6.61 Å². The summed E-state index contributed by atoms with van der Waals surface area (Å²) in [6, 6.07) is 18.0. The zero-order chi connectivity index (χ0) is 20.1. The number of fused-ring (bicyclic) bond motifs is 1. The van der Waals surface area contributed by atoms with Crippen LogP contribution in [0.3, 0.4) is 0 Å². The molecule has 1 aromatic heterocycles. The van der Waals surface area contributed by atoms with E-state index in [1.807, 2.05) is 30.3 Å². The monoisotopic (exact) mass is 394 g/mol. The summed E-state index contributed by atoms with van der Waals surface area (Å²) in [5.74, 6) is 0.674. The van der Waals surface area contributed by atoms with Crippen LogP contribution in [0.1, 0.15) is 11.1 Å². The van der Waals surface area contributed by atoms with Gasteiger partial charge in [0.1, 0.15) is 19.0 Å². The zero-order valence-electron chi connectivity index (χ0n) is 15.5. The molecule has 3 aromatic rings. The average Bonchev–Trinajstić information content (AvgIpc) is 2.76. The minimum Gasteiger partial charge on any atom is -0.489 e. The number of nitrogens with one attached hydrogen (secondary N) is 1. The van der Waals surface area contributed by atoms with Crippen molar-refractivity contribution < 1.29 is 23.4 Å². The van der Waals surface area contributed by atoms with E-state index in [2.05, 4.69) is 10.3 Å². The van der Waals surface area contributed by atoms with Crippen LogP contribution < -0.4 is 19.5 Å². The SMILES string of the molecule is O=C(NCc1ccnc(F)c1)C1COc2ccc(OCc3ccccc3)cc2O1. The maximum atomic E-state index is 13.1. The lowest BCUT2D eigenvalue weighted by Crippen LogP contribution is -2.43. The highest BCUT2D eigenvalue weighted by Gasteiger charge is 2.27. The van der Waals surface area contributed by atoms with E-state index in [-0.39, 0.29) is 19.1 Å². The number of halogens is 1. The fourth-order valence-corrected chi connectivity index (χ4v) is 2.87. The van der Waals surface area contributed by atoms with Crippen LogP contribution in [-0.2, 0) is 17.9 Å². The Kier molecular flexibility index (Phi) is 5.56. The fourth-order valence-electron chi connectivity index (χ4n) is 2.87. The average molecular weight is 394 g/mol. The van der Waals surface area contributed by atoms with E-state index in [4.69, 9.17) is 14.2 Å². The van der Waals surface area contributed by atoms with Crippen molar-refractivity contribution in [2.45, 2.75) is 19.3 Å². The Labute approximate surface area is 167 Å². The second kappa shape index (κ2) is 8.60. The molecule has 7 heteroatoms. The summed E-state index contributed by atoms with van der Waals surface area (Å²) in [6.45, 7) is 0.686. The lowest BCUT2D eigenvalue weighted by molar-refractivity contribution is -0.130. The minimum atomic E-state index is -0.807. The molecule has 0 saturated carbocycles. The zero-order valence-corrected chi connectivity index (χ0v) is 15.5. The number of hydrogen-bond acceptors (Lipinski definition) is 5. The van der Waals surface area contributed by atoms with E-state index < -0.39 is 12.1 Å². The highest BCUT2D eigenvalue weighted by molar-refractivity contribution is 5.81. The molecule has 0 bridgehead atoms. The molecule has 148 valence electrons. The van der Waals surface area contributed by atoms with Crippen LogP contribution in [0.25, 0.3) is 0 Å². The lowest BCUT2D eigenvalue weighted by Gasteiger charge is -2.26. The molecule has 0 spiro atoms. The molecular weight excluding hydrogens is 375 g/mol. The van der Waals surface area contributed by atoms with E-state index in [9.17, 15) is 9.18 Å². The number of amides is 1. The predicted octanol–water partition coefficient (Wildman–Crippen LogP) is 3.26. The summed E-state index contributed by atoms with van der Waals surface area (Å²) < 4.78 is 30.4. The number of benzene rings is 2. The molecule has 1 N–H and O–H groups in total. The van der Waals surface area contributed by atoms with Crippen molar-refractivity contribution in [2.24, 2.45) is 0 Å². The summed E-state index contributed by atoms with van der Waals surface area (Å²) in [6.07, 6.45) is 0.545. The van der Waals surface area contributed by atoms with Gasteiger partial charge in [-0.1, -0.05) is 30.3 Å². The third kappa shape index (κ3) is 4.82. The molecule has 0 saturated heterocycles. The first-order valence-electron chi connectivity index (χ1n) is 9.16. The minimum absolute atomic E-state index is 0.0910. The Morgan fingerprint density at radius 1 is 1.10 bits per heavy atom. The summed E-state index contributed by atoms with van der Waals surface area (Å²) in [7, 11) is 0. The van der Waals surface area contributed by atoms with Crippen LogP contribution in [0.15, 0.2) is 66.9 Å². The number of hydrogen-bond donors (Lipinski definition) is 1. The van der Waals surface area contributed by atoms with E-state index >= 15 is 0 Å². The van der Waals surface area contributed by atoms with Crippen molar-refractivity contribution in [3.05, 3.63) is 83.9 Å². The topological polar surface area (TPSA) is 69.7 Å². The van der Waals surface area contributed by atoms with Crippen molar-refractivity contribution in [3.8, 4) is 17.2 Å². The largest absolute Gasteiger partial charge is 0.489 e. The Hall–Kier alpha value is -3.61. The van der Waals surface area contributed by atoms with E-state index in [1.165, 1.54) is 12.3 Å². The van der Waals surface area contributed by atoms with Gasteiger partial charge < -0.3 is 19.5 Å². The third-order valence-electron chi connectivity index (χ3n) is 4.37. The van der Waals surface area contributed by atoms with Crippen molar-refractivity contribution in [3.63, 3.8) is 0 Å². The van der Waals surface area contributed by atoms with Crippen molar-refractivity contribution >= 4 is 5.91 Å². The van der Waals surface area contributed by atoms with Gasteiger partial charge in [-0.2, -0.15) is 4.39 Å². The normalized spacial score (nSPS) is 14.9. The molecule has 0 radical (unpaired) electrons. The molecule has 1 unspecified atom stereocenters. The van der Waals surface area contributed by atoms with E-state index in [1.54, 1.807) is 24.3 Å². The molecule has 1 atom stereocenters. The molecule has 1 aliphatic heterocycles. The van der Waals surface area contributed by atoms with E-state index in [0.717, 1.165) is 5.56 Å². The number of nitrogens with zero attached hydrogens (tertiary/aromatic N) is 1. The van der Waals surface area contributed by atoms with Crippen LogP contribution in [0.2, 0.25) is 0 Å². The van der Waals surface area contributed by atoms with Gasteiger partial charge in [-0.25, -0.2) is 4.98 Å². The summed E-state index contributed by atoms with van der Waals surface area (Å²) in [5.41, 5.74) is 1.66. The molecule has 6 nitrogen and oxygen atoms in total. The van der Waals surface area contributed by atoms with Crippen LogP contribution in [0.4, 0.5) is 4.39 Å². The van der Waals surface area contributed by atoms with Gasteiger partial charge in [0.2, 0.25) is 12.1 Å². The molecule has 4 rings (SSSR count). The van der Waals surface area contributed by atoms with Gasteiger partial charge in [0.05, 0.1) is 0 Å². The molecule has 0 aliphatic carbocycles. The molecule has 1 aliphatic rings. The molecule has 0 fully saturated rings. The number of pyridine rings is 1. The Morgan fingerprint density at radius 3 is 2.79 bits per heavy atom. The van der Waals surface area contributed by atoms with Gasteiger partial charge in [0.25, 0.3) is 5.91 Å². The second-order valence-corrected chi connectivity index (χ2v) is 6.50. The third-order valence-corrected chi connectivity index (χ3v) is 4.37. The Bertz CT molecular complexity index is 997. The summed E-state index contributed by atoms with van der Waals surface area (Å²) in [5, 5.41) is 2.72. The van der Waals surface area contributed by atoms with Gasteiger partial charge in [-0.15, -0.1) is 0 Å². The first-order chi connectivity index (χ1) is 14.2. The van der Waals surface area contributed by atoms with Crippen molar-refractivity contribution in [1.29, 1.82) is 0 Å². The number of ether oxygens (including phenoxy) is 3. The van der Waals surface area contributed by atoms with E-state index in [0.29, 0.717) is 29.4 Å². The fraction of sp³-hybridized carbons (Fsp3) is 0.182. The highest BCUT2D eigenvalue weighted by atomic mass is 19.1. The maximum Gasteiger partial charge on any atom is 0.264 e. The highest BCUT2D eigenvalue weighted by Crippen LogP contribution is 2.35. The molecule has 29 heavy (non-hydrogen) atoms. The summed E-state index contributed by atoms with van der Waals surface area (Å²) >= 11 is 0. The van der Waals surface area contributed by atoms with Crippen LogP contribution >= 0.6 is 0 Å². The molecular formula is C22H19FN2O4. The Balaban J connectivity index is 1.36. The quantitative estimate of drug-likeness (QED) is 0.650. The van der Waals surface area contributed by atoms with Crippen LogP contribution in [0.5, 0.6) is 17.2 Å². The van der Waals surface area contributed by atoms with Crippen LogP contribution in [0, 0.1) is 5.95 Å². The lowest BCUT2D eigenvalue weighted by atomic mass is 10.2. The Morgan fingerprint density at radius 2 is 1.97 bits per heavy atom. The standard InChI is InChI=1S/C22H19FN2O4/c23-21-10-16(8-9-24-21)12-25-22(26)20-14-28-18-7-6-17(11-19(18)29-20)27-13-15-4-2-1-3-5-15/h1-11,20H,12-14H2,(H,25,26). The molecule has 2 aromatic carbocycles. The van der Waals surface area contributed by atoms with Gasteiger partial charge in [0.15, 0.2) is 11.5 Å². The first kappa shape index (κ1) is 18.7. The van der Waals surface area contributed by atoms with Crippen molar-refractivity contribution in [1.82, 2.24) is 10.3 Å². The number of carbonyl (C=O) groups is 1. The van der Waals surface area contributed by atoms with Gasteiger partial charge in [0, 0.05) is 18.8 Å². The van der Waals surface area contributed by atoms with Gasteiger partial charge in [-0.05, 0) is 35.4 Å². The molecule has 2 heterocycles. The molecule has 1 amide bonds. The predicted molar refractivity (Wildman–Crippen MR) is 103 cm³/mol. The van der Waals surface area contributed by atoms with Gasteiger partial charge >= 0.3 is 0 Å². The number of aromatic nitrogens is 1. The van der Waals surface area contributed by atoms with Gasteiger partial charge in [-0.3, -0.25) is 4.79 Å². The van der Waals surface area contributed by atoms with Crippen LogP contribution in [-0.4, -0.2) is 23.6 Å². The summed E-state index contributed by atoms with van der Waals surface area (Å²) in [4.78, 5) is 15.9. The first-order valence-corrected chi connectivity index (χ1v) is 9.16. The second-order valence-electron chi connectivity index (χ2n) is 6.50.